The van der Waals surface area contributed by atoms with Crippen molar-refractivity contribution in [2.24, 2.45) is 0 Å². The lowest BCUT2D eigenvalue weighted by molar-refractivity contribution is -0.137. The molecule has 2 N–H and O–H groups in total. The summed E-state index contributed by atoms with van der Waals surface area (Å²) in [6.07, 6.45) is -4.46. The SMILES string of the molecule is O=C(O)c1ccc(-c2cccc(C(F)(F)F)c2)cc1O. The Kier molecular flexibility index (Phi) is 3.40. The summed E-state index contributed by atoms with van der Waals surface area (Å²) in [5.41, 5.74) is -0.566. The number of hydrogen-bond donors (Lipinski definition) is 2. The van der Waals surface area contributed by atoms with E-state index < -0.39 is 23.5 Å². The fraction of sp³-hybridized carbons (Fsp3) is 0.0714. The zero-order chi connectivity index (χ0) is 14.9. The molecule has 0 aromatic heterocycles. The van der Waals surface area contributed by atoms with Crippen molar-refractivity contribution in [3.05, 3.63) is 53.6 Å². The molecule has 3 nitrogen and oxygen atoms in total. The van der Waals surface area contributed by atoms with Crippen LogP contribution >= 0.6 is 0 Å². The average molecular weight is 282 g/mol. The number of halogens is 3. The molecule has 0 atom stereocenters. The molecule has 0 amide bonds. The molecule has 0 aliphatic carbocycles. The molecule has 0 heterocycles. The summed E-state index contributed by atoms with van der Waals surface area (Å²) in [5.74, 6) is -1.80. The van der Waals surface area contributed by atoms with Gasteiger partial charge in [0.05, 0.1) is 5.56 Å². The van der Waals surface area contributed by atoms with Crippen LogP contribution in [0.15, 0.2) is 42.5 Å². The molecule has 6 heteroatoms. The molecular formula is C14H9F3O3. The monoisotopic (exact) mass is 282 g/mol. The normalized spacial score (nSPS) is 11.3. The minimum Gasteiger partial charge on any atom is -0.507 e. The van der Waals surface area contributed by atoms with Gasteiger partial charge >= 0.3 is 12.1 Å². The van der Waals surface area contributed by atoms with Crippen LogP contribution in [0.1, 0.15) is 15.9 Å². The van der Waals surface area contributed by atoms with Crippen molar-refractivity contribution < 1.29 is 28.2 Å². The van der Waals surface area contributed by atoms with E-state index in [0.717, 1.165) is 24.3 Å². The van der Waals surface area contributed by atoms with Gasteiger partial charge in [0.1, 0.15) is 11.3 Å². The molecule has 0 aliphatic rings. The first-order valence-corrected chi connectivity index (χ1v) is 5.53. The molecule has 2 aromatic rings. The van der Waals surface area contributed by atoms with Gasteiger partial charge in [0, 0.05) is 0 Å². The summed E-state index contributed by atoms with van der Waals surface area (Å²) in [4.78, 5) is 10.7. The highest BCUT2D eigenvalue weighted by molar-refractivity contribution is 5.91. The van der Waals surface area contributed by atoms with Crippen LogP contribution in [-0.4, -0.2) is 16.2 Å². The Labute approximate surface area is 111 Å². The third-order valence-electron chi connectivity index (χ3n) is 2.75. The van der Waals surface area contributed by atoms with Gasteiger partial charge in [0.2, 0.25) is 0 Å². The van der Waals surface area contributed by atoms with Crippen molar-refractivity contribution >= 4 is 5.97 Å². The average Bonchev–Trinajstić information content (AvgIpc) is 2.37. The molecule has 2 aromatic carbocycles. The number of aromatic carboxylic acids is 1. The highest BCUT2D eigenvalue weighted by Gasteiger charge is 2.30. The molecular weight excluding hydrogens is 273 g/mol. The van der Waals surface area contributed by atoms with Crippen LogP contribution in [0.3, 0.4) is 0 Å². The molecule has 0 aliphatic heterocycles. The first-order valence-electron chi connectivity index (χ1n) is 5.53. The Morgan fingerprint density at radius 2 is 1.65 bits per heavy atom. The number of carboxylic acids is 1. The highest BCUT2D eigenvalue weighted by Crippen LogP contribution is 2.33. The topological polar surface area (TPSA) is 57.5 Å². The van der Waals surface area contributed by atoms with Gasteiger partial charge in [-0.1, -0.05) is 18.2 Å². The van der Waals surface area contributed by atoms with Gasteiger partial charge in [-0.15, -0.1) is 0 Å². The van der Waals surface area contributed by atoms with Crippen LogP contribution in [-0.2, 0) is 6.18 Å². The lowest BCUT2D eigenvalue weighted by atomic mass is 10.0. The van der Waals surface area contributed by atoms with Crippen molar-refractivity contribution in [3.63, 3.8) is 0 Å². The lowest BCUT2D eigenvalue weighted by Gasteiger charge is -2.09. The van der Waals surface area contributed by atoms with Crippen molar-refractivity contribution in [1.29, 1.82) is 0 Å². The van der Waals surface area contributed by atoms with Crippen LogP contribution in [0.25, 0.3) is 11.1 Å². The fourth-order valence-corrected chi connectivity index (χ4v) is 1.77. The van der Waals surface area contributed by atoms with E-state index in [1.807, 2.05) is 0 Å². The van der Waals surface area contributed by atoms with E-state index in [-0.39, 0.29) is 11.1 Å². The van der Waals surface area contributed by atoms with Crippen LogP contribution in [0.5, 0.6) is 5.75 Å². The van der Waals surface area contributed by atoms with Gasteiger partial charge in [-0.25, -0.2) is 4.79 Å². The minimum absolute atomic E-state index is 0.243. The van der Waals surface area contributed by atoms with Gasteiger partial charge in [-0.3, -0.25) is 0 Å². The molecule has 0 saturated carbocycles. The van der Waals surface area contributed by atoms with Gasteiger partial charge in [-0.05, 0) is 35.4 Å². The number of hydrogen-bond acceptors (Lipinski definition) is 2. The van der Waals surface area contributed by atoms with E-state index in [2.05, 4.69) is 0 Å². The minimum atomic E-state index is -4.46. The van der Waals surface area contributed by atoms with Crippen molar-refractivity contribution in [3.8, 4) is 16.9 Å². The smallest absolute Gasteiger partial charge is 0.416 e. The summed E-state index contributed by atoms with van der Waals surface area (Å²) in [7, 11) is 0. The van der Waals surface area contributed by atoms with Crippen molar-refractivity contribution in [2.45, 2.75) is 6.18 Å². The predicted octanol–water partition coefficient (Wildman–Crippen LogP) is 3.78. The number of phenols is 1. The molecule has 0 bridgehead atoms. The number of benzene rings is 2. The summed E-state index contributed by atoms with van der Waals surface area (Å²) < 4.78 is 37.8. The van der Waals surface area contributed by atoms with Crippen LogP contribution in [0.4, 0.5) is 13.2 Å². The predicted molar refractivity (Wildman–Crippen MR) is 65.5 cm³/mol. The third kappa shape index (κ3) is 2.74. The Hall–Kier alpha value is -2.50. The van der Waals surface area contributed by atoms with Crippen LogP contribution in [0, 0.1) is 0 Å². The maximum Gasteiger partial charge on any atom is 0.416 e. The number of aromatic hydroxyl groups is 1. The van der Waals surface area contributed by atoms with Crippen LogP contribution in [0.2, 0.25) is 0 Å². The van der Waals surface area contributed by atoms with Crippen molar-refractivity contribution in [1.82, 2.24) is 0 Å². The van der Waals surface area contributed by atoms with Gasteiger partial charge in [-0.2, -0.15) is 13.2 Å². The Morgan fingerprint density at radius 3 is 2.20 bits per heavy atom. The zero-order valence-corrected chi connectivity index (χ0v) is 9.98. The largest absolute Gasteiger partial charge is 0.507 e. The number of rotatable bonds is 2. The number of carbonyl (C=O) groups is 1. The lowest BCUT2D eigenvalue weighted by Crippen LogP contribution is -2.04. The van der Waals surface area contributed by atoms with E-state index in [1.54, 1.807) is 0 Å². The summed E-state index contributed by atoms with van der Waals surface area (Å²) in [5, 5.41) is 18.3. The Morgan fingerprint density at radius 1 is 1.00 bits per heavy atom. The first kappa shape index (κ1) is 13.9. The standard InChI is InChI=1S/C14H9F3O3/c15-14(16,17)10-3-1-2-8(6-10)9-4-5-11(13(19)20)12(18)7-9/h1-7,18H,(H,19,20). The summed E-state index contributed by atoms with van der Waals surface area (Å²) in [6.45, 7) is 0. The second-order valence-electron chi connectivity index (χ2n) is 4.12. The quantitative estimate of drug-likeness (QED) is 0.881. The molecule has 2 rings (SSSR count). The first-order chi connectivity index (χ1) is 9.29. The molecule has 0 unspecified atom stereocenters. The van der Waals surface area contributed by atoms with Crippen molar-refractivity contribution in [2.75, 3.05) is 0 Å². The summed E-state index contributed by atoms with van der Waals surface area (Å²) >= 11 is 0. The van der Waals surface area contributed by atoms with E-state index in [9.17, 15) is 23.1 Å². The van der Waals surface area contributed by atoms with E-state index in [4.69, 9.17) is 5.11 Å². The second-order valence-corrected chi connectivity index (χ2v) is 4.12. The molecule has 104 valence electrons. The summed E-state index contributed by atoms with van der Waals surface area (Å²) in [6, 6.07) is 8.19. The van der Waals surface area contributed by atoms with E-state index in [0.29, 0.717) is 5.56 Å². The number of alkyl halides is 3. The zero-order valence-electron chi connectivity index (χ0n) is 9.98. The van der Waals surface area contributed by atoms with E-state index in [1.165, 1.54) is 18.2 Å². The van der Waals surface area contributed by atoms with Gasteiger partial charge < -0.3 is 10.2 Å². The second kappa shape index (κ2) is 4.88. The van der Waals surface area contributed by atoms with Gasteiger partial charge in [0.25, 0.3) is 0 Å². The third-order valence-corrected chi connectivity index (χ3v) is 2.75. The molecule has 20 heavy (non-hydrogen) atoms. The Bertz CT molecular complexity index is 663. The maximum absolute atomic E-state index is 12.6. The molecule has 0 saturated heterocycles. The molecule has 0 spiro atoms. The molecule has 0 radical (unpaired) electrons. The Balaban J connectivity index is 2.47. The maximum atomic E-state index is 12.6. The van der Waals surface area contributed by atoms with Gasteiger partial charge in [0.15, 0.2) is 0 Å². The number of carboxylic acid groups (broad SMARTS) is 1. The van der Waals surface area contributed by atoms with Crippen LogP contribution < -0.4 is 0 Å². The molecule has 0 fully saturated rings. The van der Waals surface area contributed by atoms with E-state index >= 15 is 0 Å². The highest BCUT2D eigenvalue weighted by atomic mass is 19.4. The fourth-order valence-electron chi connectivity index (χ4n) is 1.77.